The number of hydrogen-bond acceptors (Lipinski definition) is 3. The lowest BCUT2D eigenvalue weighted by molar-refractivity contribution is 0.0691. The smallest absolute Gasteiger partial charge is 0.339 e. The standard InChI is InChI=1S/C13H17BrO4/c1-3-5-6-8-7(4-2)9(13(17)18)11(15)12(16)10(8)14/h15-16H,3-6H2,1-2H3,(H,17,18). The molecule has 1 rings (SSSR count). The van der Waals surface area contributed by atoms with Crippen molar-refractivity contribution in [3.63, 3.8) is 0 Å². The van der Waals surface area contributed by atoms with Crippen LogP contribution in [0.3, 0.4) is 0 Å². The number of phenols is 2. The minimum Gasteiger partial charge on any atom is -0.504 e. The molecule has 0 aliphatic rings. The maximum atomic E-state index is 11.2. The summed E-state index contributed by atoms with van der Waals surface area (Å²) in [6, 6.07) is 0. The van der Waals surface area contributed by atoms with E-state index in [9.17, 15) is 15.0 Å². The molecule has 1 aromatic carbocycles. The molecule has 0 unspecified atom stereocenters. The van der Waals surface area contributed by atoms with Gasteiger partial charge >= 0.3 is 5.97 Å². The lowest BCUT2D eigenvalue weighted by atomic mass is 9.94. The van der Waals surface area contributed by atoms with E-state index in [1.165, 1.54) is 0 Å². The average Bonchev–Trinajstić information content (AvgIpc) is 2.33. The predicted octanol–water partition coefficient (Wildman–Crippen LogP) is 3.46. The van der Waals surface area contributed by atoms with E-state index in [0.717, 1.165) is 18.4 Å². The number of carboxylic acid groups (broad SMARTS) is 1. The summed E-state index contributed by atoms with van der Waals surface area (Å²) >= 11 is 3.23. The molecule has 3 N–H and O–H groups in total. The minimum absolute atomic E-state index is 0.190. The first-order valence-electron chi connectivity index (χ1n) is 5.94. The summed E-state index contributed by atoms with van der Waals surface area (Å²) < 4.78 is 0.398. The van der Waals surface area contributed by atoms with E-state index in [2.05, 4.69) is 15.9 Å². The molecule has 0 amide bonds. The molecule has 0 fully saturated rings. The second kappa shape index (κ2) is 6.09. The van der Waals surface area contributed by atoms with Crippen molar-refractivity contribution >= 4 is 21.9 Å². The molecular formula is C13H17BrO4. The molecule has 100 valence electrons. The number of phenolic OH excluding ortho intramolecular Hbond substituents is 1. The van der Waals surface area contributed by atoms with E-state index in [1.807, 2.05) is 13.8 Å². The van der Waals surface area contributed by atoms with Crippen LogP contribution in [0.15, 0.2) is 4.47 Å². The summed E-state index contributed by atoms with van der Waals surface area (Å²) in [5, 5.41) is 28.7. The Kier molecular flexibility index (Phi) is 5.02. The minimum atomic E-state index is -1.22. The molecule has 0 aliphatic carbocycles. The normalized spacial score (nSPS) is 10.6. The van der Waals surface area contributed by atoms with E-state index in [4.69, 9.17) is 5.11 Å². The van der Waals surface area contributed by atoms with Gasteiger partial charge in [0.05, 0.1) is 4.47 Å². The number of halogens is 1. The number of unbranched alkanes of at least 4 members (excludes halogenated alkanes) is 1. The predicted molar refractivity (Wildman–Crippen MR) is 72.4 cm³/mol. The van der Waals surface area contributed by atoms with E-state index in [1.54, 1.807) is 0 Å². The Morgan fingerprint density at radius 1 is 1.17 bits per heavy atom. The van der Waals surface area contributed by atoms with Crippen LogP contribution in [0.5, 0.6) is 11.5 Å². The van der Waals surface area contributed by atoms with Crippen molar-refractivity contribution in [3.05, 3.63) is 21.2 Å². The molecule has 0 saturated carbocycles. The van der Waals surface area contributed by atoms with Crippen LogP contribution in [0.25, 0.3) is 0 Å². The van der Waals surface area contributed by atoms with E-state index in [0.29, 0.717) is 22.9 Å². The zero-order valence-electron chi connectivity index (χ0n) is 10.5. The van der Waals surface area contributed by atoms with Crippen LogP contribution in [0.2, 0.25) is 0 Å². The number of rotatable bonds is 5. The average molecular weight is 317 g/mol. The highest BCUT2D eigenvalue weighted by Gasteiger charge is 2.24. The Labute approximate surface area is 114 Å². The van der Waals surface area contributed by atoms with Gasteiger partial charge in [-0.25, -0.2) is 4.79 Å². The number of benzene rings is 1. The number of aromatic carboxylic acids is 1. The van der Waals surface area contributed by atoms with Gasteiger partial charge in [0.1, 0.15) is 5.56 Å². The highest BCUT2D eigenvalue weighted by atomic mass is 79.9. The molecule has 0 atom stereocenters. The first kappa shape index (κ1) is 14.8. The van der Waals surface area contributed by atoms with E-state index < -0.39 is 17.5 Å². The molecule has 5 heteroatoms. The fourth-order valence-corrected chi connectivity index (χ4v) is 2.65. The van der Waals surface area contributed by atoms with Crippen LogP contribution in [0, 0.1) is 0 Å². The largest absolute Gasteiger partial charge is 0.504 e. The summed E-state index contributed by atoms with van der Waals surface area (Å²) in [7, 11) is 0. The van der Waals surface area contributed by atoms with Crippen molar-refractivity contribution in [2.24, 2.45) is 0 Å². The summed E-state index contributed by atoms with van der Waals surface area (Å²) in [6.45, 7) is 3.87. The Morgan fingerprint density at radius 3 is 2.22 bits per heavy atom. The van der Waals surface area contributed by atoms with Gasteiger partial charge in [0.15, 0.2) is 11.5 Å². The van der Waals surface area contributed by atoms with Crippen LogP contribution < -0.4 is 0 Å². The van der Waals surface area contributed by atoms with Crippen molar-refractivity contribution in [2.75, 3.05) is 0 Å². The number of carbonyl (C=O) groups is 1. The zero-order chi connectivity index (χ0) is 13.9. The molecule has 0 aliphatic heterocycles. The molecule has 0 bridgehead atoms. The van der Waals surface area contributed by atoms with E-state index >= 15 is 0 Å². The SMILES string of the molecule is CCCCc1c(Br)c(O)c(O)c(C(=O)O)c1CC. The van der Waals surface area contributed by atoms with Crippen LogP contribution >= 0.6 is 15.9 Å². The van der Waals surface area contributed by atoms with Gasteiger partial charge in [0, 0.05) is 0 Å². The molecule has 18 heavy (non-hydrogen) atoms. The first-order valence-corrected chi connectivity index (χ1v) is 6.73. The Hall–Kier alpha value is -1.23. The number of hydrogen-bond donors (Lipinski definition) is 3. The van der Waals surface area contributed by atoms with Gasteiger partial charge in [-0.2, -0.15) is 0 Å². The maximum absolute atomic E-state index is 11.2. The van der Waals surface area contributed by atoms with Gasteiger partial charge in [0.25, 0.3) is 0 Å². The first-order chi connectivity index (χ1) is 8.45. The van der Waals surface area contributed by atoms with Crippen molar-refractivity contribution in [3.8, 4) is 11.5 Å². The molecule has 0 saturated heterocycles. The van der Waals surface area contributed by atoms with Crippen LogP contribution in [0.1, 0.15) is 48.2 Å². The summed E-state index contributed by atoms with van der Waals surface area (Å²) in [5.74, 6) is -2.17. The highest BCUT2D eigenvalue weighted by Crippen LogP contribution is 2.42. The lowest BCUT2D eigenvalue weighted by Gasteiger charge is -2.16. The summed E-state index contributed by atoms with van der Waals surface area (Å²) in [4.78, 5) is 11.2. The van der Waals surface area contributed by atoms with Crippen molar-refractivity contribution in [1.29, 1.82) is 0 Å². The third-order valence-corrected chi connectivity index (χ3v) is 3.80. The molecule has 0 spiro atoms. The van der Waals surface area contributed by atoms with Gasteiger partial charge < -0.3 is 15.3 Å². The topological polar surface area (TPSA) is 77.8 Å². The van der Waals surface area contributed by atoms with Crippen molar-refractivity contribution in [2.45, 2.75) is 39.5 Å². The van der Waals surface area contributed by atoms with Gasteiger partial charge in [0.2, 0.25) is 0 Å². The third kappa shape index (κ3) is 2.61. The second-order valence-corrected chi connectivity index (χ2v) is 4.90. The quantitative estimate of drug-likeness (QED) is 0.727. The zero-order valence-corrected chi connectivity index (χ0v) is 12.0. The molecule has 0 aromatic heterocycles. The Morgan fingerprint density at radius 2 is 1.78 bits per heavy atom. The molecule has 0 heterocycles. The fraction of sp³-hybridized carbons (Fsp3) is 0.462. The number of aromatic hydroxyl groups is 2. The van der Waals surface area contributed by atoms with Crippen molar-refractivity contribution in [1.82, 2.24) is 0 Å². The third-order valence-electron chi connectivity index (χ3n) is 2.95. The number of carboxylic acids is 1. The Balaban J connectivity index is 3.53. The van der Waals surface area contributed by atoms with Gasteiger partial charge in [-0.15, -0.1) is 0 Å². The Bertz CT molecular complexity index is 469. The molecular weight excluding hydrogens is 300 g/mol. The highest BCUT2D eigenvalue weighted by molar-refractivity contribution is 9.10. The lowest BCUT2D eigenvalue weighted by Crippen LogP contribution is -2.07. The molecule has 0 radical (unpaired) electrons. The van der Waals surface area contributed by atoms with Gasteiger partial charge in [-0.1, -0.05) is 20.3 Å². The van der Waals surface area contributed by atoms with Crippen LogP contribution in [0.4, 0.5) is 0 Å². The van der Waals surface area contributed by atoms with Crippen LogP contribution in [-0.4, -0.2) is 21.3 Å². The molecule has 4 nitrogen and oxygen atoms in total. The fourth-order valence-electron chi connectivity index (χ4n) is 2.03. The van der Waals surface area contributed by atoms with Gasteiger partial charge in [-0.3, -0.25) is 0 Å². The summed E-state index contributed by atoms with van der Waals surface area (Å²) in [6.07, 6.45) is 3.04. The van der Waals surface area contributed by atoms with E-state index in [-0.39, 0.29) is 5.56 Å². The van der Waals surface area contributed by atoms with Crippen molar-refractivity contribution < 1.29 is 20.1 Å². The summed E-state index contributed by atoms with van der Waals surface area (Å²) in [5.41, 5.74) is 1.16. The second-order valence-electron chi connectivity index (χ2n) is 4.11. The maximum Gasteiger partial charge on any atom is 0.339 e. The van der Waals surface area contributed by atoms with Gasteiger partial charge in [-0.05, 0) is 46.3 Å². The van der Waals surface area contributed by atoms with Crippen LogP contribution in [-0.2, 0) is 12.8 Å². The monoisotopic (exact) mass is 316 g/mol. The molecule has 1 aromatic rings.